The van der Waals surface area contributed by atoms with Crippen LogP contribution in [0.2, 0.25) is 5.02 Å². The van der Waals surface area contributed by atoms with Gasteiger partial charge in [-0.15, -0.1) is 11.3 Å². The molecule has 23 heavy (non-hydrogen) atoms. The van der Waals surface area contributed by atoms with Crippen molar-refractivity contribution >= 4 is 62.6 Å². The molecule has 0 atom stereocenters. The number of aryl methyl sites for hydroxylation is 1. The lowest BCUT2D eigenvalue weighted by molar-refractivity contribution is 0.792. The number of aromatic nitrogens is 1. The molecule has 0 unspecified atom stereocenters. The van der Waals surface area contributed by atoms with Gasteiger partial charge in [0.15, 0.2) is 0 Å². The van der Waals surface area contributed by atoms with E-state index in [2.05, 4.69) is 34.5 Å². The topological polar surface area (TPSA) is 17.0 Å². The molecule has 118 valence electrons. The Labute approximate surface area is 154 Å². The van der Waals surface area contributed by atoms with Gasteiger partial charge in [-0.2, -0.15) is 0 Å². The van der Waals surface area contributed by atoms with Crippen molar-refractivity contribution in [2.75, 3.05) is 0 Å². The van der Waals surface area contributed by atoms with Gasteiger partial charge in [-0.3, -0.25) is 0 Å². The molecular formula is C17H15ClN2S3. The number of hydrogen-bond acceptors (Lipinski definition) is 3. The standard InChI is InChI=1S/C17H15ClN2S3/c1-2-20-10-14(15(21)13-7-8-23-17(13)20)16(22)19-9-11-3-5-12(18)6-4-11/h3-8,10H,2,9H2,1H3,(H,19,22). The number of benzene rings is 1. The van der Waals surface area contributed by atoms with Crippen molar-refractivity contribution in [1.82, 2.24) is 9.88 Å². The first-order valence-electron chi connectivity index (χ1n) is 7.23. The number of thiophene rings is 1. The van der Waals surface area contributed by atoms with E-state index in [4.69, 9.17) is 36.0 Å². The van der Waals surface area contributed by atoms with Crippen molar-refractivity contribution in [3.05, 3.63) is 62.6 Å². The monoisotopic (exact) mass is 378 g/mol. The van der Waals surface area contributed by atoms with Crippen LogP contribution >= 0.6 is 47.4 Å². The molecule has 3 aromatic rings. The normalized spacial score (nSPS) is 10.9. The lowest BCUT2D eigenvalue weighted by Gasteiger charge is -2.12. The number of halogens is 1. The summed E-state index contributed by atoms with van der Waals surface area (Å²) in [5.74, 6) is 0. The summed E-state index contributed by atoms with van der Waals surface area (Å²) in [4.78, 5) is 1.88. The largest absolute Gasteiger partial charge is 0.372 e. The molecule has 0 saturated carbocycles. The minimum absolute atomic E-state index is 0.651. The number of fused-ring (bicyclic) bond motifs is 1. The Morgan fingerprint density at radius 2 is 2.00 bits per heavy atom. The van der Waals surface area contributed by atoms with Crippen molar-refractivity contribution in [2.45, 2.75) is 20.0 Å². The minimum Gasteiger partial charge on any atom is -0.372 e. The van der Waals surface area contributed by atoms with Crippen molar-refractivity contribution in [3.63, 3.8) is 0 Å². The van der Waals surface area contributed by atoms with Crippen LogP contribution in [0.3, 0.4) is 0 Å². The molecule has 0 aliphatic heterocycles. The summed E-state index contributed by atoms with van der Waals surface area (Å²) in [7, 11) is 0. The van der Waals surface area contributed by atoms with Gasteiger partial charge in [0.25, 0.3) is 0 Å². The molecule has 2 nitrogen and oxygen atoms in total. The molecule has 3 rings (SSSR count). The maximum Gasteiger partial charge on any atom is 0.109 e. The van der Waals surface area contributed by atoms with Crippen LogP contribution < -0.4 is 5.32 Å². The summed E-state index contributed by atoms with van der Waals surface area (Å²) in [6.45, 7) is 3.66. The molecule has 6 heteroatoms. The Morgan fingerprint density at radius 3 is 2.70 bits per heavy atom. The molecule has 2 heterocycles. The van der Waals surface area contributed by atoms with Crippen LogP contribution in [-0.4, -0.2) is 9.56 Å². The number of hydrogen-bond donors (Lipinski definition) is 1. The zero-order chi connectivity index (χ0) is 16.4. The molecule has 1 N–H and O–H groups in total. The molecule has 0 bridgehead atoms. The second kappa shape index (κ2) is 7.09. The van der Waals surface area contributed by atoms with Crippen molar-refractivity contribution in [1.29, 1.82) is 0 Å². The van der Waals surface area contributed by atoms with E-state index in [9.17, 15) is 0 Å². The number of nitrogens with one attached hydrogen (secondary N) is 1. The fourth-order valence-electron chi connectivity index (χ4n) is 2.39. The molecule has 1 aromatic carbocycles. The average molecular weight is 379 g/mol. The van der Waals surface area contributed by atoms with E-state index in [1.54, 1.807) is 11.3 Å². The molecule has 0 aliphatic carbocycles. The molecular weight excluding hydrogens is 364 g/mol. The lowest BCUT2D eigenvalue weighted by Crippen LogP contribution is -2.22. The smallest absolute Gasteiger partial charge is 0.109 e. The van der Waals surface area contributed by atoms with Gasteiger partial charge in [-0.25, -0.2) is 0 Å². The Morgan fingerprint density at radius 1 is 1.26 bits per heavy atom. The summed E-state index contributed by atoms with van der Waals surface area (Å²) in [6, 6.07) is 9.80. The molecule has 0 aliphatic rings. The predicted octanol–water partition coefficient (Wildman–Crippen LogP) is 5.57. The zero-order valence-corrected chi connectivity index (χ0v) is 15.7. The van der Waals surface area contributed by atoms with Crippen LogP contribution in [0.5, 0.6) is 0 Å². The van der Waals surface area contributed by atoms with Crippen LogP contribution in [0.1, 0.15) is 18.1 Å². The summed E-state index contributed by atoms with van der Waals surface area (Å²) >= 11 is 18.8. The maximum atomic E-state index is 5.91. The Hall–Kier alpha value is -1.27. The first kappa shape index (κ1) is 16.6. The molecule has 0 amide bonds. The molecule has 0 radical (unpaired) electrons. The van der Waals surface area contributed by atoms with Gasteiger partial charge >= 0.3 is 0 Å². The van der Waals surface area contributed by atoms with Crippen LogP contribution in [0.25, 0.3) is 10.2 Å². The summed E-state index contributed by atoms with van der Waals surface area (Å²) in [5, 5.41) is 7.20. The summed E-state index contributed by atoms with van der Waals surface area (Å²) in [5.41, 5.74) is 2.04. The SMILES string of the molecule is CCn1cc(C(=S)NCc2ccc(Cl)cc2)c(=S)c2ccsc21. The van der Waals surface area contributed by atoms with E-state index in [0.29, 0.717) is 11.5 Å². The van der Waals surface area contributed by atoms with E-state index in [-0.39, 0.29) is 0 Å². The number of thiocarbonyl (C=S) groups is 1. The Bertz CT molecular complexity index is 910. The van der Waals surface area contributed by atoms with Crippen LogP contribution in [0.4, 0.5) is 0 Å². The van der Waals surface area contributed by atoms with Crippen molar-refractivity contribution < 1.29 is 0 Å². The Balaban J connectivity index is 1.87. The summed E-state index contributed by atoms with van der Waals surface area (Å²) < 4.78 is 3.01. The van der Waals surface area contributed by atoms with E-state index in [0.717, 1.165) is 32.6 Å². The van der Waals surface area contributed by atoms with Gasteiger partial charge in [-0.1, -0.05) is 48.2 Å². The average Bonchev–Trinajstić information content (AvgIpc) is 3.05. The zero-order valence-electron chi connectivity index (χ0n) is 12.5. The minimum atomic E-state index is 0.651. The van der Waals surface area contributed by atoms with E-state index < -0.39 is 0 Å². The second-order valence-electron chi connectivity index (χ2n) is 5.11. The van der Waals surface area contributed by atoms with Gasteiger partial charge in [0.2, 0.25) is 0 Å². The molecule has 0 spiro atoms. The molecule has 0 fully saturated rings. The highest BCUT2D eigenvalue weighted by Crippen LogP contribution is 2.24. The highest BCUT2D eigenvalue weighted by atomic mass is 35.5. The van der Waals surface area contributed by atoms with Gasteiger partial charge in [-0.05, 0) is 36.1 Å². The van der Waals surface area contributed by atoms with Gasteiger partial charge in [0, 0.05) is 35.3 Å². The van der Waals surface area contributed by atoms with Gasteiger partial charge < -0.3 is 9.88 Å². The fourth-order valence-corrected chi connectivity index (χ4v) is 4.14. The van der Waals surface area contributed by atoms with Crippen molar-refractivity contribution in [3.8, 4) is 0 Å². The third-order valence-electron chi connectivity index (χ3n) is 3.63. The van der Waals surface area contributed by atoms with Crippen LogP contribution in [-0.2, 0) is 13.1 Å². The highest BCUT2D eigenvalue weighted by molar-refractivity contribution is 7.80. The first-order chi connectivity index (χ1) is 11.1. The third kappa shape index (κ3) is 3.48. The summed E-state index contributed by atoms with van der Waals surface area (Å²) in [6.07, 6.45) is 2.05. The second-order valence-corrected chi connectivity index (χ2v) is 7.25. The van der Waals surface area contributed by atoms with Gasteiger partial charge in [0.1, 0.15) is 9.82 Å². The first-order valence-corrected chi connectivity index (χ1v) is 9.31. The number of pyridine rings is 1. The molecule has 2 aromatic heterocycles. The van der Waals surface area contributed by atoms with E-state index in [1.165, 1.54) is 4.83 Å². The van der Waals surface area contributed by atoms with E-state index >= 15 is 0 Å². The predicted molar refractivity (Wildman–Crippen MR) is 106 cm³/mol. The molecule has 0 saturated heterocycles. The fraction of sp³-hybridized carbons (Fsp3) is 0.176. The third-order valence-corrected chi connectivity index (χ3v) is 5.64. The maximum absolute atomic E-state index is 5.91. The van der Waals surface area contributed by atoms with Gasteiger partial charge in [0.05, 0.1) is 4.51 Å². The van der Waals surface area contributed by atoms with E-state index in [1.807, 2.05) is 24.3 Å². The highest BCUT2D eigenvalue weighted by Gasteiger charge is 2.10. The quantitative estimate of drug-likeness (QED) is 0.598. The lowest BCUT2D eigenvalue weighted by atomic mass is 10.2. The van der Waals surface area contributed by atoms with Crippen molar-refractivity contribution in [2.24, 2.45) is 0 Å². The van der Waals surface area contributed by atoms with Crippen LogP contribution in [0.15, 0.2) is 41.9 Å². The van der Waals surface area contributed by atoms with Crippen LogP contribution in [0, 0.1) is 4.51 Å². The Kier molecular flexibility index (Phi) is 5.11. The number of rotatable bonds is 4. The number of nitrogens with zero attached hydrogens (tertiary/aromatic N) is 1.